The van der Waals surface area contributed by atoms with Crippen LogP contribution in [-0.2, 0) is 26.2 Å². The molecule has 0 N–H and O–H groups in total. The Hall–Kier alpha value is -2.25. The minimum absolute atomic E-state index is 0.0449. The van der Waals surface area contributed by atoms with Gasteiger partial charge in [0.25, 0.3) is 0 Å². The van der Waals surface area contributed by atoms with Crippen molar-refractivity contribution in [2.45, 2.75) is 52.5 Å². The summed E-state index contributed by atoms with van der Waals surface area (Å²) in [5.74, 6) is -0.598. The van der Waals surface area contributed by atoms with Crippen molar-refractivity contribution in [1.29, 1.82) is 5.26 Å². The molecule has 0 aliphatic carbocycles. The van der Waals surface area contributed by atoms with Crippen LogP contribution in [-0.4, -0.2) is 29.4 Å². The lowest BCUT2D eigenvalue weighted by atomic mass is 9.80. The Morgan fingerprint density at radius 3 is 2.58 bits per heavy atom. The summed E-state index contributed by atoms with van der Waals surface area (Å²) in [5.41, 5.74) is -1.69. The van der Waals surface area contributed by atoms with E-state index in [0.29, 0.717) is 17.1 Å². The molecular weight excluding hydrogens is 326 g/mol. The molecule has 0 aromatic carbocycles. The largest absolute Gasteiger partial charge is 0.465 e. The summed E-state index contributed by atoms with van der Waals surface area (Å²) in [4.78, 5) is 31.8. The van der Waals surface area contributed by atoms with E-state index >= 15 is 0 Å². The molecule has 0 saturated carbocycles. The summed E-state index contributed by atoms with van der Waals surface area (Å²) in [6, 6.07) is 0.632. The molecule has 0 aliphatic heterocycles. The van der Waals surface area contributed by atoms with E-state index in [1.165, 1.54) is 25.2 Å². The highest BCUT2D eigenvalue weighted by Crippen LogP contribution is 2.34. The number of ether oxygens (including phenoxy) is 1. The molecule has 0 amide bonds. The van der Waals surface area contributed by atoms with E-state index in [-0.39, 0.29) is 12.4 Å². The fourth-order valence-corrected chi connectivity index (χ4v) is 3.20. The quantitative estimate of drug-likeness (QED) is 0.559. The normalized spacial score (nSPS) is 14.8. The molecule has 6 nitrogen and oxygen atoms in total. The average molecular weight is 347 g/mol. The maximum atomic E-state index is 12.4. The summed E-state index contributed by atoms with van der Waals surface area (Å²) in [7, 11) is 0. The summed E-state index contributed by atoms with van der Waals surface area (Å²) in [6.45, 7) is 15.7. The molecule has 0 spiro atoms. The number of nitrogens with zero attached hydrogens (tertiary/aromatic N) is 3. The van der Waals surface area contributed by atoms with E-state index < -0.39 is 22.8 Å². The van der Waals surface area contributed by atoms with Crippen molar-refractivity contribution in [3.8, 4) is 6.07 Å². The van der Waals surface area contributed by atoms with Gasteiger partial charge in [0.15, 0.2) is 11.5 Å². The Morgan fingerprint density at radius 2 is 2.12 bits per heavy atom. The van der Waals surface area contributed by atoms with Crippen LogP contribution in [0.5, 0.6) is 0 Å². The van der Waals surface area contributed by atoms with Crippen molar-refractivity contribution >= 4 is 23.1 Å². The van der Waals surface area contributed by atoms with Gasteiger partial charge in [0.1, 0.15) is 5.78 Å². The lowest BCUT2D eigenvalue weighted by Crippen LogP contribution is -2.43. The molecular formula is C17H21N3O3S. The zero-order valence-corrected chi connectivity index (χ0v) is 15.4. The van der Waals surface area contributed by atoms with Crippen molar-refractivity contribution in [3.63, 3.8) is 0 Å². The van der Waals surface area contributed by atoms with Gasteiger partial charge in [-0.2, -0.15) is 5.26 Å². The Kier molecular flexibility index (Phi) is 6.22. The van der Waals surface area contributed by atoms with Gasteiger partial charge in [-0.25, -0.2) is 11.6 Å². The number of thiazole rings is 1. The van der Waals surface area contributed by atoms with E-state index in [1.807, 2.05) is 19.9 Å². The second-order valence-corrected chi connectivity index (χ2v) is 7.27. The van der Waals surface area contributed by atoms with Crippen LogP contribution in [0.2, 0.25) is 0 Å². The molecule has 0 saturated heterocycles. The minimum atomic E-state index is -1.46. The van der Waals surface area contributed by atoms with Crippen molar-refractivity contribution in [1.82, 2.24) is 4.98 Å². The highest BCUT2D eigenvalue weighted by atomic mass is 32.1. The van der Waals surface area contributed by atoms with E-state index in [2.05, 4.69) is 9.83 Å². The van der Waals surface area contributed by atoms with Gasteiger partial charge in [0.2, 0.25) is 0 Å². The number of hydrogen-bond acceptors (Lipinski definition) is 6. The number of aromatic nitrogens is 1. The van der Waals surface area contributed by atoms with Crippen molar-refractivity contribution in [3.05, 3.63) is 27.5 Å². The van der Waals surface area contributed by atoms with Gasteiger partial charge in [0.05, 0.1) is 17.3 Å². The van der Waals surface area contributed by atoms with Gasteiger partial charge in [-0.05, 0) is 20.8 Å². The third-order valence-corrected chi connectivity index (χ3v) is 4.98. The monoisotopic (exact) mass is 347 g/mol. The van der Waals surface area contributed by atoms with Gasteiger partial charge in [-0.15, -0.1) is 11.3 Å². The molecule has 0 fully saturated rings. The van der Waals surface area contributed by atoms with Crippen LogP contribution in [0.15, 0.2) is 5.38 Å². The molecule has 0 aliphatic rings. The molecule has 1 aromatic rings. The van der Waals surface area contributed by atoms with Crippen molar-refractivity contribution in [2.75, 3.05) is 6.61 Å². The Labute approximate surface area is 146 Å². The van der Waals surface area contributed by atoms with Gasteiger partial charge in [-0.3, -0.25) is 14.4 Å². The van der Waals surface area contributed by atoms with Crippen LogP contribution < -0.4 is 0 Å². The Bertz CT molecular complexity index is 697. The highest BCUT2D eigenvalue weighted by Gasteiger charge is 2.52. The summed E-state index contributed by atoms with van der Waals surface area (Å²) < 4.78 is 5.07. The number of hydrogen-bond donors (Lipinski definition) is 0. The van der Waals surface area contributed by atoms with Crippen LogP contribution in [0.3, 0.4) is 0 Å². The van der Waals surface area contributed by atoms with Gasteiger partial charge in [0, 0.05) is 17.2 Å². The molecule has 0 radical (unpaired) electrons. The predicted octanol–water partition coefficient (Wildman–Crippen LogP) is 2.93. The third kappa shape index (κ3) is 3.80. The number of nitriles is 1. The van der Waals surface area contributed by atoms with Gasteiger partial charge < -0.3 is 4.74 Å². The Balaban J connectivity index is 3.28. The molecule has 128 valence electrons. The summed E-state index contributed by atoms with van der Waals surface area (Å²) in [6.07, 6.45) is 0.432. The zero-order chi connectivity index (χ0) is 18.5. The fraction of sp³-hybridized carbons (Fsp3) is 0.588. The summed E-state index contributed by atoms with van der Waals surface area (Å²) in [5, 5.41) is 11.6. The third-order valence-electron chi connectivity index (χ3n) is 4.13. The number of Topliss-reactive ketones (excluding diaryl/α,β-unsaturated/α-hetero) is 1. The lowest BCUT2D eigenvalue weighted by Gasteiger charge is -2.23. The average Bonchev–Trinajstić information content (AvgIpc) is 2.96. The molecule has 1 rings (SSSR count). The maximum absolute atomic E-state index is 12.4. The number of carbonyl (C=O) groups is 2. The standard InChI is InChI=1S/C17H21N3O3S/c1-7-23-15(22)17(5,12(9-18)19-6)13-10-24-14(20-13)8-16(3,4)11(2)21/h10,12H,7-8H2,1-5H3. The van der Waals surface area contributed by atoms with Gasteiger partial charge in [-0.1, -0.05) is 13.8 Å². The first-order chi connectivity index (χ1) is 11.1. The van der Waals surface area contributed by atoms with E-state index in [1.54, 1.807) is 12.3 Å². The smallest absolute Gasteiger partial charge is 0.328 e. The Morgan fingerprint density at radius 1 is 1.50 bits per heavy atom. The van der Waals surface area contributed by atoms with Crippen molar-refractivity contribution in [2.24, 2.45) is 5.41 Å². The molecule has 2 atom stereocenters. The van der Waals surface area contributed by atoms with Crippen LogP contribution >= 0.6 is 11.3 Å². The second-order valence-electron chi connectivity index (χ2n) is 6.33. The van der Waals surface area contributed by atoms with Crippen LogP contribution in [0.1, 0.15) is 45.3 Å². The lowest BCUT2D eigenvalue weighted by molar-refractivity contribution is -0.149. The first-order valence-electron chi connectivity index (χ1n) is 7.52. The van der Waals surface area contributed by atoms with Crippen LogP contribution in [0, 0.1) is 23.3 Å². The fourth-order valence-electron chi connectivity index (χ4n) is 2.06. The maximum Gasteiger partial charge on any atom is 0.328 e. The number of esters is 1. The molecule has 0 bridgehead atoms. The molecule has 7 heteroatoms. The first-order valence-corrected chi connectivity index (χ1v) is 8.40. The number of rotatable bonds is 7. The molecule has 1 heterocycles. The van der Waals surface area contributed by atoms with E-state index in [9.17, 15) is 14.9 Å². The number of ketones is 1. The predicted molar refractivity (Wildman–Crippen MR) is 90.3 cm³/mol. The highest BCUT2D eigenvalue weighted by molar-refractivity contribution is 7.09. The topological polar surface area (TPSA) is 84.4 Å². The van der Waals surface area contributed by atoms with Crippen LogP contribution in [0.4, 0.5) is 0 Å². The summed E-state index contributed by atoms with van der Waals surface area (Å²) >= 11 is 1.31. The van der Waals surface area contributed by atoms with Gasteiger partial charge >= 0.3 is 12.0 Å². The molecule has 24 heavy (non-hydrogen) atoms. The molecule has 1 aromatic heterocycles. The SMILES string of the molecule is [C-]#[N+]C(C#N)C(C)(C(=O)OCC)c1csc(CC(C)(C)C(C)=O)n1. The van der Waals surface area contributed by atoms with Crippen molar-refractivity contribution < 1.29 is 14.3 Å². The minimum Gasteiger partial charge on any atom is -0.465 e. The van der Waals surface area contributed by atoms with Crippen LogP contribution in [0.25, 0.3) is 4.85 Å². The van der Waals surface area contributed by atoms with E-state index in [4.69, 9.17) is 11.3 Å². The first kappa shape index (κ1) is 19.8. The zero-order valence-electron chi connectivity index (χ0n) is 14.5. The van der Waals surface area contributed by atoms with E-state index in [0.717, 1.165) is 0 Å². The number of carbonyl (C=O) groups excluding carboxylic acids is 2. The second kappa shape index (κ2) is 7.55. The molecule has 2 unspecified atom stereocenters.